The fourth-order valence-electron chi connectivity index (χ4n) is 3.40. The molecule has 0 saturated carbocycles. The molecule has 0 aliphatic carbocycles. The van der Waals surface area contributed by atoms with E-state index in [2.05, 4.69) is 9.46 Å². The molecule has 1 saturated heterocycles. The van der Waals surface area contributed by atoms with Crippen molar-refractivity contribution in [2.24, 2.45) is 13.0 Å². The summed E-state index contributed by atoms with van der Waals surface area (Å²) >= 11 is 0. The van der Waals surface area contributed by atoms with Crippen molar-refractivity contribution in [3.63, 3.8) is 0 Å². The summed E-state index contributed by atoms with van der Waals surface area (Å²) in [7, 11) is -2.35. The minimum Gasteiger partial charge on any atom is -0.406 e. The van der Waals surface area contributed by atoms with Crippen LogP contribution in [-0.2, 0) is 17.1 Å². The van der Waals surface area contributed by atoms with Crippen molar-refractivity contribution in [2.45, 2.75) is 24.1 Å². The van der Waals surface area contributed by atoms with Crippen molar-refractivity contribution in [1.29, 1.82) is 0 Å². The molecule has 1 aliphatic heterocycles. The monoisotopic (exact) mass is 473 g/mol. The molecule has 1 aromatic heterocycles. The standard InChI is InChI=1S/C20H22F3N3O5S/c1-25-10-2-3-17(18(25)27)19(28)26-11-8-14(9-12-26)13-24-32(29,30)16-6-4-15(5-7-16)31-20(21,22)23/h2-7,10,14,24H,8-9,11-13H2,1H3. The van der Waals surface area contributed by atoms with Gasteiger partial charge in [0, 0.05) is 32.9 Å². The average molecular weight is 473 g/mol. The topological polar surface area (TPSA) is 97.7 Å². The third-order valence-electron chi connectivity index (χ3n) is 5.19. The lowest BCUT2D eigenvalue weighted by atomic mass is 9.97. The molecule has 0 atom stereocenters. The molecule has 2 heterocycles. The highest BCUT2D eigenvalue weighted by Gasteiger charge is 2.31. The van der Waals surface area contributed by atoms with Crippen LogP contribution in [0.1, 0.15) is 23.2 Å². The SMILES string of the molecule is Cn1cccc(C(=O)N2CCC(CNS(=O)(=O)c3ccc(OC(F)(F)F)cc3)CC2)c1=O. The molecule has 0 bridgehead atoms. The molecule has 1 aliphatic rings. The zero-order valence-electron chi connectivity index (χ0n) is 17.1. The van der Waals surface area contributed by atoms with Crippen LogP contribution in [0.3, 0.4) is 0 Å². The summed E-state index contributed by atoms with van der Waals surface area (Å²) in [6, 6.07) is 7.03. The zero-order chi connectivity index (χ0) is 23.5. The molecule has 32 heavy (non-hydrogen) atoms. The molecule has 1 amide bonds. The fourth-order valence-corrected chi connectivity index (χ4v) is 4.52. The molecule has 0 radical (unpaired) electrons. The lowest BCUT2D eigenvalue weighted by molar-refractivity contribution is -0.274. The predicted octanol–water partition coefficient (Wildman–Crippen LogP) is 2.11. The molecule has 0 spiro atoms. The normalized spacial score (nSPS) is 15.6. The summed E-state index contributed by atoms with van der Waals surface area (Å²) in [5.41, 5.74) is -0.286. The van der Waals surface area contributed by atoms with Crippen LogP contribution in [0.4, 0.5) is 13.2 Å². The van der Waals surface area contributed by atoms with Gasteiger partial charge in [0.2, 0.25) is 10.0 Å². The second-order valence-corrected chi connectivity index (χ2v) is 9.21. The van der Waals surface area contributed by atoms with E-state index in [0.717, 1.165) is 24.3 Å². The van der Waals surface area contributed by atoms with Crippen LogP contribution >= 0.6 is 0 Å². The summed E-state index contributed by atoms with van der Waals surface area (Å²) in [5.74, 6) is -0.895. The Morgan fingerprint density at radius 3 is 2.38 bits per heavy atom. The maximum Gasteiger partial charge on any atom is 0.573 e. The van der Waals surface area contributed by atoms with Crippen LogP contribution < -0.4 is 15.0 Å². The third kappa shape index (κ3) is 5.88. The number of nitrogens with zero attached hydrogens (tertiary/aromatic N) is 2. The number of pyridine rings is 1. The number of sulfonamides is 1. The van der Waals surface area contributed by atoms with Crippen LogP contribution in [0.2, 0.25) is 0 Å². The molecule has 1 N–H and O–H groups in total. The lowest BCUT2D eigenvalue weighted by Gasteiger charge is -2.32. The van der Waals surface area contributed by atoms with Gasteiger partial charge in [0.15, 0.2) is 0 Å². The first-order chi connectivity index (χ1) is 15.0. The van der Waals surface area contributed by atoms with Crippen LogP contribution in [0.5, 0.6) is 5.75 Å². The maximum atomic E-state index is 12.6. The number of alkyl halides is 3. The zero-order valence-corrected chi connectivity index (χ0v) is 17.9. The first-order valence-electron chi connectivity index (χ1n) is 9.77. The van der Waals surface area contributed by atoms with Crippen LogP contribution in [-0.4, -0.2) is 49.8 Å². The van der Waals surface area contributed by atoms with E-state index in [9.17, 15) is 31.2 Å². The number of nitrogens with one attached hydrogen (secondary N) is 1. The summed E-state index contributed by atoms with van der Waals surface area (Å²) in [6.07, 6.45) is -2.21. The van der Waals surface area contributed by atoms with Crippen LogP contribution in [0.15, 0.2) is 52.3 Å². The molecule has 8 nitrogen and oxygen atoms in total. The molecule has 0 unspecified atom stereocenters. The maximum absolute atomic E-state index is 12.6. The van der Waals surface area contributed by atoms with Gasteiger partial charge in [0.25, 0.3) is 11.5 Å². The van der Waals surface area contributed by atoms with Crippen LogP contribution in [0, 0.1) is 5.92 Å². The van der Waals surface area contributed by atoms with E-state index in [1.54, 1.807) is 24.2 Å². The van der Waals surface area contributed by atoms with E-state index in [1.165, 1.54) is 10.6 Å². The van der Waals surface area contributed by atoms with E-state index >= 15 is 0 Å². The number of halogens is 3. The highest BCUT2D eigenvalue weighted by Crippen LogP contribution is 2.24. The molecule has 1 aromatic carbocycles. The van der Waals surface area contributed by atoms with Gasteiger partial charge in [-0.05, 0) is 55.2 Å². The minimum atomic E-state index is -4.86. The Hall–Kier alpha value is -2.86. The lowest BCUT2D eigenvalue weighted by Crippen LogP contribution is -2.43. The number of hydrogen-bond donors (Lipinski definition) is 1. The van der Waals surface area contributed by atoms with E-state index in [4.69, 9.17) is 0 Å². The summed E-state index contributed by atoms with van der Waals surface area (Å²) in [5, 5.41) is 0. The van der Waals surface area contributed by atoms with Gasteiger partial charge in [-0.25, -0.2) is 13.1 Å². The number of carbonyl (C=O) groups is 1. The quantitative estimate of drug-likeness (QED) is 0.693. The van der Waals surface area contributed by atoms with E-state index in [0.29, 0.717) is 25.9 Å². The third-order valence-corrected chi connectivity index (χ3v) is 6.62. The first-order valence-corrected chi connectivity index (χ1v) is 11.2. The van der Waals surface area contributed by atoms with E-state index < -0.39 is 22.1 Å². The van der Waals surface area contributed by atoms with Crippen molar-refractivity contribution in [3.05, 3.63) is 58.5 Å². The number of ether oxygens (including phenoxy) is 1. The molecule has 174 valence electrons. The Balaban J connectivity index is 1.53. The van der Waals surface area contributed by atoms with Gasteiger partial charge in [0.1, 0.15) is 11.3 Å². The van der Waals surface area contributed by atoms with Crippen molar-refractivity contribution in [1.82, 2.24) is 14.2 Å². The number of amides is 1. The second kappa shape index (κ2) is 9.33. The predicted molar refractivity (Wildman–Crippen MR) is 109 cm³/mol. The van der Waals surface area contributed by atoms with Crippen molar-refractivity contribution in [3.8, 4) is 5.75 Å². The number of piperidine rings is 1. The molecule has 1 fully saturated rings. The highest BCUT2D eigenvalue weighted by molar-refractivity contribution is 7.89. The van der Waals surface area contributed by atoms with Gasteiger partial charge in [-0.2, -0.15) is 0 Å². The molecule has 2 aromatic rings. The number of aromatic nitrogens is 1. The smallest absolute Gasteiger partial charge is 0.406 e. The number of benzene rings is 1. The van der Waals surface area contributed by atoms with Gasteiger partial charge in [-0.15, -0.1) is 13.2 Å². The largest absolute Gasteiger partial charge is 0.573 e. The van der Waals surface area contributed by atoms with Crippen molar-refractivity contribution < 1.29 is 31.1 Å². The Morgan fingerprint density at radius 2 is 1.78 bits per heavy atom. The number of rotatable bonds is 6. The molecule has 12 heteroatoms. The fraction of sp³-hybridized carbons (Fsp3) is 0.400. The number of aryl methyl sites for hydroxylation is 1. The van der Waals surface area contributed by atoms with Gasteiger partial charge >= 0.3 is 6.36 Å². The average Bonchev–Trinajstić information content (AvgIpc) is 2.73. The Morgan fingerprint density at radius 1 is 1.16 bits per heavy atom. The van der Waals surface area contributed by atoms with Gasteiger partial charge in [0.05, 0.1) is 4.90 Å². The summed E-state index contributed by atoms with van der Waals surface area (Å²) in [4.78, 5) is 26.1. The Labute approximate surface area is 182 Å². The van der Waals surface area contributed by atoms with Crippen LogP contribution in [0.25, 0.3) is 0 Å². The highest BCUT2D eigenvalue weighted by atomic mass is 32.2. The number of likely N-dealkylation sites (tertiary alicyclic amines) is 1. The second-order valence-electron chi connectivity index (χ2n) is 7.44. The Bertz CT molecular complexity index is 1120. The summed E-state index contributed by atoms with van der Waals surface area (Å²) < 4.78 is 69.0. The summed E-state index contributed by atoms with van der Waals surface area (Å²) in [6.45, 7) is 0.887. The molecule has 3 rings (SSSR count). The Kier molecular flexibility index (Phi) is 6.94. The van der Waals surface area contributed by atoms with Crippen molar-refractivity contribution in [2.75, 3.05) is 19.6 Å². The first kappa shape index (κ1) is 23.8. The van der Waals surface area contributed by atoms with E-state index in [1.807, 2.05) is 0 Å². The van der Waals surface area contributed by atoms with Crippen molar-refractivity contribution >= 4 is 15.9 Å². The molecular formula is C20H22F3N3O5S. The van der Waals surface area contributed by atoms with Gasteiger partial charge in [-0.1, -0.05) is 0 Å². The van der Waals surface area contributed by atoms with E-state index in [-0.39, 0.29) is 34.4 Å². The molecular weight excluding hydrogens is 451 g/mol. The number of hydrogen-bond acceptors (Lipinski definition) is 5. The van der Waals surface area contributed by atoms with Gasteiger partial charge in [-0.3, -0.25) is 9.59 Å². The number of carbonyl (C=O) groups excluding carboxylic acids is 1. The minimum absolute atomic E-state index is 0.0275. The van der Waals surface area contributed by atoms with Gasteiger partial charge < -0.3 is 14.2 Å².